The molecule has 88 valence electrons. The molecule has 4 heteroatoms. The lowest BCUT2D eigenvalue weighted by molar-refractivity contribution is 0.155. The van der Waals surface area contributed by atoms with E-state index in [0.29, 0.717) is 22.8 Å². The number of aliphatic hydroxyl groups excluding tert-OH is 1. The first-order valence-corrected chi connectivity index (χ1v) is 6.71. The zero-order valence-corrected chi connectivity index (χ0v) is 10.8. The lowest BCUT2D eigenvalue weighted by Gasteiger charge is -2.32. The van der Waals surface area contributed by atoms with E-state index in [4.69, 9.17) is 11.6 Å². The van der Waals surface area contributed by atoms with Crippen molar-refractivity contribution in [3.8, 4) is 0 Å². The minimum atomic E-state index is -0.597. The summed E-state index contributed by atoms with van der Waals surface area (Å²) in [4.78, 5) is 0. The van der Waals surface area contributed by atoms with Crippen molar-refractivity contribution in [1.29, 1.82) is 0 Å². The van der Waals surface area contributed by atoms with Gasteiger partial charge >= 0.3 is 0 Å². The average Bonchev–Trinajstić information content (AvgIpc) is 2.23. The van der Waals surface area contributed by atoms with E-state index in [2.05, 4.69) is 13.8 Å². The van der Waals surface area contributed by atoms with Gasteiger partial charge in [0.25, 0.3) is 0 Å². The van der Waals surface area contributed by atoms with Crippen LogP contribution in [0.25, 0.3) is 0 Å². The summed E-state index contributed by atoms with van der Waals surface area (Å²) in [5.41, 5.74) is 1.25. The van der Waals surface area contributed by atoms with Gasteiger partial charge in [0, 0.05) is 16.6 Å². The van der Waals surface area contributed by atoms with E-state index < -0.39 is 6.10 Å². The van der Waals surface area contributed by atoms with Crippen LogP contribution in [0.3, 0.4) is 0 Å². The average molecular weight is 261 g/mol. The van der Waals surface area contributed by atoms with Crippen LogP contribution in [0.15, 0.2) is 12.1 Å². The summed E-state index contributed by atoms with van der Waals surface area (Å²) in [6.07, 6.45) is -0.597. The van der Waals surface area contributed by atoms with Gasteiger partial charge in [0.1, 0.15) is 5.82 Å². The number of hydrogen-bond donors (Lipinski definition) is 1. The number of halogens is 2. The fraction of sp³-hybridized carbons (Fsp3) is 0.500. The molecule has 0 saturated carbocycles. The van der Waals surface area contributed by atoms with Gasteiger partial charge in [-0.3, -0.25) is 0 Å². The van der Waals surface area contributed by atoms with Crippen LogP contribution < -0.4 is 0 Å². The van der Waals surface area contributed by atoms with Gasteiger partial charge in [0.15, 0.2) is 0 Å². The van der Waals surface area contributed by atoms with E-state index in [1.54, 1.807) is 17.8 Å². The molecular formula is C12H14ClFOS. The van der Waals surface area contributed by atoms with Gasteiger partial charge in [-0.05, 0) is 17.5 Å². The van der Waals surface area contributed by atoms with Gasteiger partial charge in [-0.2, -0.15) is 11.8 Å². The first-order valence-electron chi connectivity index (χ1n) is 5.28. The van der Waals surface area contributed by atoms with Gasteiger partial charge in [-0.1, -0.05) is 31.5 Å². The van der Waals surface area contributed by atoms with Crippen molar-refractivity contribution in [2.24, 2.45) is 5.92 Å². The van der Waals surface area contributed by atoms with Crippen LogP contribution >= 0.6 is 23.4 Å². The maximum absolute atomic E-state index is 13.7. The first-order chi connectivity index (χ1) is 7.52. The molecule has 0 radical (unpaired) electrons. The number of hydrogen-bond acceptors (Lipinski definition) is 2. The second-order valence-electron chi connectivity index (χ2n) is 4.39. The molecule has 0 spiro atoms. The largest absolute Gasteiger partial charge is 0.387 e. The lowest BCUT2D eigenvalue weighted by atomic mass is 9.94. The number of aliphatic hydroxyl groups is 1. The Hall–Kier alpha value is -0.250. The summed E-state index contributed by atoms with van der Waals surface area (Å²) in [6.45, 7) is 4.14. The fourth-order valence-electron chi connectivity index (χ4n) is 2.04. The molecule has 0 amide bonds. The van der Waals surface area contributed by atoms with E-state index in [1.165, 1.54) is 6.07 Å². The highest BCUT2D eigenvalue weighted by atomic mass is 35.5. The number of thioether (sulfide) groups is 1. The van der Waals surface area contributed by atoms with Crippen molar-refractivity contribution in [1.82, 2.24) is 0 Å². The summed E-state index contributed by atoms with van der Waals surface area (Å²) in [5, 5.41) is 10.4. The quantitative estimate of drug-likeness (QED) is 0.829. The maximum atomic E-state index is 13.7. The minimum absolute atomic E-state index is 0.132. The second-order valence-corrected chi connectivity index (χ2v) is 5.97. The number of rotatable bonds is 1. The highest BCUT2D eigenvalue weighted by Crippen LogP contribution is 2.42. The molecule has 1 nitrogen and oxygen atoms in total. The van der Waals surface area contributed by atoms with Crippen molar-refractivity contribution in [3.05, 3.63) is 34.1 Å². The summed E-state index contributed by atoms with van der Waals surface area (Å²) in [5.74, 6) is 0.571. The molecule has 0 aliphatic carbocycles. The van der Waals surface area contributed by atoms with E-state index in [9.17, 15) is 9.50 Å². The van der Waals surface area contributed by atoms with Crippen LogP contribution in [-0.4, -0.2) is 10.4 Å². The zero-order valence-electron chi connectivity index (χ0n) is 9.21. The third kappa shape index (κ3) is 1.96. The molecule has 0 aromatic heterocycles. The molecule has 1 heterocycles. The fourth-order valence-corrected chi connectivity index (χ4v) is 3.58. The molecule has 2 atom stereocenters. The van der Waals surface area contributed by atoms with Crippen LogP contribution in [0.5, 0.6) is 0 Å². The number of benzene rings is 1. The van der Waals surface area contributed by atoms with Crippen LogP contribution in [0.1, 0.15) is 31.1 Å². The molecule has 1 aromatic rings. The predicted octanol–water partition coefficient (Wildman–Crippen LogP) is 3.78. The number of fused-ring (bicyclic) bond motifs is 1. The Bertz CT molecular complexity index is 408. The van der Waals surface area contributed by atoms with E-state index in [-0.39, 0.29) is 16.1 Å². The van der Waals surface area contributed by atoms with Crippen molar-refractivity contribution >= 4 is 23.4 Å². The van der Waals surface area contributed by atoms with Gasteiger partial charge in [-0.25, -0.2) is 4.39 Å². The summed E-state index contributed by atoms with van der Waals surface area (Å²) in [7, 11) is 0. The second kappa shape index (κ2) is 4.55. The molecular weight excluding hydrogens is 247 g/mol. The Morgan fingerprint density at radius 1 is 1.50 bits per heavy atom. The van der Waals surface area contributed by atoms with E-state index in [1.807, 2.05) is 0 Å². The topological polar surface area (TPSA) is 20.2 Å². The molecule has 16 heavy (non-hydrogen) atoms. The molecule has 1 aliphatic heterocycles. The smallest absolute Gasteiger partial charge is 0.146 e. The molecule has 2 rings (SSSR count). The van der Waals surface area contributed by atoms with Crippen molar-refractivity contribution < 1.29 is 9.50 Å². The Morgan fingerprint density at radius 3 is 2.81 bits per heavy atom. The highest BCUT2D eigenvalue weighted by molar-refractivity contribution is 7.99. The lowest BCUT2D eigenvalue weighted by Crippen LogP contribution is -2.26. The molecule has 1 aliphatic rings. The summed E-state index contributed by atoms with van der Waals surface area (Å²) in [6, 6.07) is 3.26. The zero-order chi connectivity index (χ0) is 11.9. The summed E-state index contributed by atoms with van der Waals surface area (Å²) < 4.78 is 13.7. The Kier molecular flexibility index (Phi) is 3.48. The van der Waals surface area contributed by atoms with Crippen LogP contribution in [-0.2, 0) is 5.75 Å². The molecule has 0 bridgehead atoms. The standard InChI is InChI=1S/C12H14ClFOS/c1-6(2)12-11(15)7-3-4-9(13)10(14)8(7)5-16-12/h3-4,6,11-12,15H,5H2,1-2H3. The molecule has 1 aromatic carbocycles. The van der Waals surface area contributed by atoms with Crippen molar-refractivity contribution in [3.63, 3.8) is 0 Å². The SMILES string of the molecule is CC(C)C1SCc2c(ccc(Cl)c2F)C1O. The molecule has 0 fully saturated rings. The van der Waals surface area contributed by atoms with Gasteiger partial charge in [-0.15, -0.1) is 0 Å². The third-order valence-corrected chi connectivity index (χ3v) is 4.87. The third-order valence-electron chi connectivity index (χ3n) is 2.94. The van der Waals surface area contributed by atoms with Gasteiger partial charge < -0.3 is 5.11 Å². The van der Waals surface area contributed by atoms with Crippen LogP contribution in [0, 0.1) is 11.7 Å². The van der Waals surface area contributed by atoms with Crippen molar-refractivity contribution in [2.75, 3.05) is 0 Å². The van der Waals surface area contributed by atoms with Gasteiger partial charge in [0.2, 0.25) is 0 Å². The highest BCUT2D eigenvalue weighted by Gasteiger charge is 2.32. The molecule has 0 saturated heterocycles. The molecule has 2 unspecified atom stereocenters. The van der Waals surface area contributed by atoms with E-state index in [0.717, 1.165) is 0 Å². The van der Waals surface area contributed by atoms with Crippen LogP contribution in [0.2, 0.25) is 5.02 Å². The Morgan fingerprint density at radius 2 is 2.19 bits per heavy atom. The van der Waals surface area contributed by atoms with E-state index >= 15 is 0 Å². The Labute approximate surface area is 104 Å². The first kappa shape index (κ1) is 12.2. The Balaban J connectivity index is 2.43. The van der Waals surface area contributed by atoms with Crippen LogP contribution in [0.4, 0.5) is 4.39 Å². The maximum Gasteiger partial charge on any atom is 0.146 e. The predicted molar refractivity (Wildman–Crippen MR) is 66.3 cm³/mol. The van der Waals surface area contributed by atoms with Crippen molar-refractivity contribution in [2.45, 2.75) is 31.0 Å². The summed E-state index contributed by atoms with van der Waals surface area (Å²) >= 11 is 7.32. The minimum Gasteiger partial charge on any atom is -0.387 e. The monoisotopic (exact) mass is 260 g/mol. The van der Waals surface area contributed by atoms with Gasteiger partial charge in [0.05, 0.1) is 11.1 Å². The molecule has 1 N–H and O–H groups in total. The normalized spacial score (nSPS) is 24.6.